The fourth-order valence-electron chi connectivity index (χ4n) is 13.8. The van der Waals surface area contributed by atoms with Gasteiger partial charge in [0.1, 0.15) is 11.8 Å². The number of hydrogen-bond acceptors (Lipinski definition) is 14. The monoisotopic (exact) mass is 1340 g/mol. The van der Waals surface area contributed by atoms with E-state index < -0.39 is 78.0 Å². The molecule has 2 unspecified atom stereocenters. The molecule has 0 radical (unpaired) electrons. The summed E-state index contributed by atoms with van der Waals surface area (Å²) in [5.74, 6) is -6.13. The van der Waals surface area contributed by atoms with Crippen molar-refractivity contribution in [3.8, 4) is 0 Å². The number of ether oxygens (including phenoxy) is 2. The van der Waals surface area contributed by atoms with E-state index in [0.717, 1.165) is 5.56 Å². The third-order valence-electron chi connectivity index (χ3n) is 19.4. The van der Waals surface area contributed by atoms with Gasteiger partial charge in [0.2, 0.25) is 47.3 Å². The lowest BCUT2D eigenvalue weighted by Crippen LogP contribution is -2.59. The maximum absolute atomic E-state index is 14.7. The fourth-order valence-corrected chi connectivity index (χ4v) is 13.8. The minimum Gasteiger partial charge on any atom is -0.379 e. The predicted octanol–water partition coefficient (Wildman–Crippen LogP) is 6.02. The number of benzene rings is 2. The number of nitrogens with one attached hydrogen (secondary N) is 6. The van der Waals surface area contributed by atoms with Crippen LogP contribution in [0.4, 0.5) is 10.5 Å². The fraction of sp³-hybridized carbons (Fsp3) is 0.681. The van der Waals surface area contributed by atoms with Gasteiger partial charge in [0.25, 0.3) is 0 Å². The van der Waals surface area contributed by atoms with Gasteiger partial charge in [-0.15, -0.1) is 0 Å². The largest absolute Gasteiger partial charge is 0.379 e. The molecule has 2 fully saturated rings. The van der Waals surface area contributed by atoms with Crippen LogP contribution in [0, 0.1) is 47.3 Å². The van der Waals surface area contributed by atoms with Crippen molar-refractivity contribution < 1.29 is 62.2 Å². The number of nitrogens with two attached hydrogens (primary N) is 1. The third-order valence-corrected chi connectivity index (χ3v) is 19.4. The number of ketones is 2. The van der Waals surface area contributed by atoms with Gasteiger partial charge in [-0.3, -0.25) is 52.8 Å². The molecule has 2 saturated heterocycles. The van der Waals surface area contributed by atoms with Gasteiger partial charge in [0.05, 0.1) is 42.8 Å². The number of methoxy groups -OCH3 is 2. The number of anilines is 1. The summed E-state index contributed by atoms with van der Waals surface area (Å²) in [5.41, 5.74) is 7.26. The van der Waals surface area contributed by atoms with Crippen LogP contribution >= 0.6 is 0 Å². The van der Waals surface area contributed by atoms with E-state index in [2.05, 4.69) is 31.9 Å². The Kier molecular flexibility index (Phi) is 33.6. The van der Waals surface area contributed by atoms with Crippen molar-refractivity contribution in [1.82, 2.24) is 46.2 Å². The number of primary amides is 1. The van der Waals surface area contributed by atoms with E-state index in [1.165, 1.54) is 14.2 Å². The van der Waals surface area contributed by atoms with Gasteiger partial charge in [-0.25, -0.2) is 4.79 Å². The maximum Gasteiger partial charge on any atom is 0.312 e. The number of carbonyl (C=O) groups excluding carboxylic acids is 11. The summed E-state index contributed by atoms with van der Waals surface area (Å²) in [6.07, 6.45) is 1.71. The van der Waals surface area contributed by atoms with Crippen LogP contribution in [-0.2, 0) is 70.4 Å². The Labute approximate surface area is 570 Å². The molecule has 2 heterocycles. The zero-order chi connectivity index (χ0) is 71.7. The molecule has 10 amide bonds. The Bertz CT molecular complexity index is 2880. The summed E-state index contributed by atoms with van der Waals surface area (Å²) < 4.78 is 12.2. The number of likely N-dealkylation sites (tertiary alicyclic amines) is 2. The minimum atomic E-state index is -0.955. The zero-order valence-electron chi connectivity index (χ0n) is 60.1. The lowest BCUT2D eigenvalue weighted by Gasteiger charge is -2.41. The number of carbonyl (C=O) groups is 11. The summed E-state index contributed by atoms with van der Waals surface area (Å²) in [6.45, 7) is 20.0. The molecule has 0 aliphatic carbocycles. The summed E-state index contributed by atoms with van der Waals surface area (Å²) in [4.78, 5) is 157. The van der Waals surface area contributed by atoms with Crippen LogP contribution in [0.15, 0.2) is 54.6 Å². The molecule has 2 aromatic carbocycles. The smallest absolute Gasteiger partial charge is 0.312 e. The molecule has 2 aliphatic heterocycles. The van der Waals surface area contributed by atoms with E-state index in [4.69, 9.17) is 15.2 Å². The summed E-state index contributed by atoms with van der Waals surface area (Å²) in [7, 11) is 10.0. The van der Waals surface area contributed by atoms with Crippen molar-refractivity contribution in [1.29, 1.82) is 0 Å². The highest BCUT2D eigenvalue weighted by atomic mass is 16.5. The van der Waals surface area contributed by atoms with Crippen LogP contribution in [-0.4, -0.2) is 195 Å². The van der Waals surface area contributed by atoms with Crippen molar-refractivity contribution in [3.63, 3.8) is 0 Å². The van der Waals surface area contributed by atoms with Gasteiger partial charge < -0.3 is 61.8 Å². The molecule has 8 N–H and O–H groups in total. The average molecular weight is 1340 g/mol. The van der Waals surface area contributed by atoms with Crippen LogP contribution in [0.1, 0.15) is 157 Å². The van der Waals surface area contributed by atoms with E-state index in [1.54, 1.807) is 73.8 Å². The Morgan fingerprint density at radius 3 is 1.89 bits per heavy atom. The first-order chi connectivity index (χ1) is 45.4. The van der Waals surface area contributed by atoms with E-state index >= 15 is 0 Å². The lowest BCUT2D eigenvalue weighted by molar-refractivity contribution is -0.148. The number of amides is 10. The van der Waals surface area contributed by atoms with Gasteiger partial charge in [-0.05, 0) is 113 Å². The quantitative estimate of drug-likeness (QED) is 0.0377. The van der Waals surface area contributed by atoms with Crippen LogP contribution in [0.3, 0.4) is 0 Å². The Morgan fingerprint density at radius 1 is 0.677 bits per heavy atom. The molecule has 96 heavy (non-hydrogen) atoms. The summed E-state index contributed by atoms with van der Waals surface area (Å²) >= 11 is 0. The van der Waals surface area contributed by atoms with Crippen LogP contribution in [0.5, 0.6) is 0 Å². The van der Waals surface area contributed by atoms with E-state index in [9.17, 15) is 52.7 Å². The van der Waals surface area contributed by atoms with Crippen molar-refractivity contribution in [3.05, 3.63) is 65.7 Å². The molecule has 0 aromatic heterocycles. The standard InChI is InChI=1S/C72H115N11O13/c1-17-46(8)65(81(14)71(93)63(44(4)5)79-70(92)64(45(6)7)80(12)13)58(95-15)41-61(88)83-35-22-26-55(83)66(96-16)48(10)56(84)40-53(38-49-23-19-18-20-24-49)68(90)76-42-50-27-29-54(30-28-50)77-69(91)51(25-21-34-75-72(73)94)39-57(85)62(43(2)3)78-59(86)31-32-60(87)82-36-33-52(37-47(82)9)67(89)74-11/h18-20,23-24,27-30,43-48,51-53,55,58,62-66H,17,21-22,25-26,31-42H2,1-16H3,(H,74,89)(H,76,90)(H,77,91)(H,78,86)(H,79,92)(H3,73,75,94)/t46-,47?,48-,51+,52?,53+,55-,58+,62-,63-,64-,65-,66+/m0/s1. The highest BCUT2D eigenvalue weighted by Gasteiger charge is 2.44. The number of piperidine rings is 1. The van der Waals surface area contributed by atoms with Gasteiger partial charge in [0, 0.05) is 116 Å². The highest BCUT2D eigenvalue weighted by molar-refractivity contribution is 5.98. The van der Waals surface area contributed by atoms with Gasteiger partial charge >= 0.3 is 6.03 Å². The second-order valence-electron chi connectivity index (χ2n) is 27.8. The van der Waals surface area contributed by atoms with Crippen LogP contribution in [0.2, 0.25) is 0 Å². The zero-order valence-corrected chi connectivity index (χ0v) is 60.1. The lowest BCUT2D eigenvalue weighted by atomic mass is 9.85. The highest BCUT2D eigenvalue weighted by Crippen LogP contribution is 2.32. The molecule has 0 saturated carbocycles. The molecule has 24 heteroatoms. The van der Waals surface area contributed by atoms with Crippen molar-refractivity contribution in [2.45, 2.75) is 208 Å². The Balaban J connectivity index is 1.43. The first-order valence-electron chi connectivity index (χ1n) is 34.6. The van der Waals surface area contributed by atoms with Gasteiger partial charge in [0.15, 0.2) is 5.78 Å². The Hall–Kier alpha value is -7.31. The van der Waals surface area contributed by atoms with Gasteiger partial charge in [-0.1, -0.05) is 111 Å². The molecule has 2 aromatic rings. The maximum atomic E-state index is 14.7. The van der Waals surface area contributed by atoms with E-state index in [-0.39, 0.29) is 141 Å². The predicted molar refractivity (Wildman–Crippen MR) is 369 cm³/mol. The SMILES string of the molecule is CC[C@H](C)[C@@H]([C@@H](CC(=O)N1CCC[C@H]1[C@H](OC)[C@@H](C)C(=O)C[C@@H](Cc1ccccc1)C(=O)NCc1ccc(NC(=O)[C@H](CCCNC(N)=O)CC(=O)[C@@H](NC(=O)CCC(=O)N2CCC(C(=O)NC)CC2C)C(C)C)cc1)OC)N(C)C(=O)[C@@H](NC(=O)[C@H](C(C)C)N(C)C)C(C)C. The number of rotatable bonds is 39. The molecule has 24 nitrogen and oxygen atoms in total. The first-order valence-corrected chi connectivity index (χ1v) is 34.6. The minimum absolute atomic E-state index is 0.00190. The second-order valence-corrected chi connectivity index (χ2v) is 27.8. The van der Waals surface area contributed by atoms with Gasteiger partial charge in [-0.2, -0.15) is 0 Å². The van der Waals surface area contributed by atoms with Crippen LogP contribution < -0.4 is 37.6 Å². The summed E-state index contributed by atoms with van der Waals surface area (Å²) in [6, 6.07) is 12.1. The number of Topliss-reactive ketones (excluding diaryl/α,β-unsaturated/α-hetero) is 2. The average Bonchev–Trinajstić information content (AvgIpc) is 1.53. The molecule has 4 rings (SSSR count). The first kappa shape index (κ1) is 81.1. The second kappa shape index (κ2) is 39.8. The Morgan fingerprint density at radius 2 is 1.32 bits per heavy atom. The van der Waals surface area contributed by atoms with E-state index in [0.29, 0.717) is 62.9 Å². The van der Waals surface area contributed by atoms with Crippen LogP contribution in [0.25, 0.3) is 0 Å². The molecular formula is C72H115N11O13. The molecular weight excluding hydrogens is 1230 g/mol. The molecule has 0 spiro atoms. The number of likely N-dealkylation sites (N-methyl/N-ethyl adjacent to an activating group) is 2. The number of hydrogen-bond donors (Lipinski definition) is 7. The molecule has 13 atom stereocenters. The van der Waals surface area contributed by atoms with Crippen molar-refractivity contribution in [2.75, 3.05) is 67.4 Å². The third kappa shape index (κ3) is 24.0. The molecule has 536 valence electrons. The topological polar surface area (TPSA) is 317 Å². The summed E-state index contributed by atoms with van der Waals surface area (Å²) in [5, 5.41) is 17.0. The number of urea groups is 1. The van der Waals surface area contributed by atoms with E-state index in [1.807, 2.05) is 97.8 Å². The van der Waals surface area contributed by atoms with Crippen molar-refractivity contribution in [2.24, 2.45) is 53.1 Å². The number of nitrogens with zero attached hydrogens (tertiary/aromatic N) is 4. The normalized spacial score (nSPS) is 18.8. The molecule has 2 aliphatic rings. The van der Waals surface area contributed by atoms with Crippen molar-refractivity contribution >= 4 is 70.5 Å². The molecule has 0 bridgehead atoms.